The largest absolute Gasteiger partial charge is 0.374 e. The Morgan fingerprint density at radius 2 is 2.08 bits per heavy atom. The predicted octanol–water partition coefficient (Wildman–Crippen LogP) is 2.51. The molecule has 1 aromatic carbocycles. The summed E-state index contributed by atoms with van der Waals surface area (Å²) in [6.07, 6.45) is 3.94. The van der Waals surface area contributed by atoms with Crippen molar-refractivity contribution in [2.24, 2.45) is 4.99 Å². The summed E-state index contributed by atoms with van der Waals surface area (Å²) in [7, 11) is 0. The first kappa shape index (κ1) is 14.4. The van der Waals surface area contributed by atoms with E-state index < -0.39 is 5.60 Å². The zero-order chi connectivity index (χ0) is 17.2. The van der Waals surface area contributed by atoms with Gasteiger partial charge in [0.05, 0.1) is 11.2 Å². The van der Waals surface area contributed by atoms with E-state index >= 15 is 0 Å². The highest BCUT2D eigenvalue weighted by Crippen LogP contribution is 2.39. The number of aromatic nitrogens is 2. The average molecular weight is 332 g/mol. The van der Waals surface area contributed by atoms with E-state index in [0.717, 1.165) is 16.8 Å². The normalized spacial score (nSPS) is 22.1. The number of aryl methyl sites for hydroxylation is 1. The lowest BCUT2D eigenvalue weighted by Crippen LogP contribution is -2.48. The number of anilines is 1. The van der Waals surface area contributed by atoms with Gasteiger partial charge in [0, 0.05) is 36.6 Å². The van der Waals surface area contributed by atoms with Gasteiger partial charge in [-0.05, 0) is 37.3 Å². The number of benzene rings is 1. The molecule has 0 radical (unpaired) electrons. The molecule has 0 spiro atoms. The Labute approximate surface area is 144 Å². The molecule has 6 nitrogen and oxygen atoms in total. The third-order valence-electron chi connectivity index (χ3n) is 5.02. The van der Waals surface area contributed by atoms with Crippen molar-refractivity contribution >= 4 is 28.5 Å². The molecule has 25 heavy (non-hydrogen) atoms. The van der Waals surface area contributed by atoms with E-state index in [1.807, 2.05) is 48.4 Å². The lowest BCUT2D eigenvalue weighted by molar-refractivity contribution is 0.0602. The third-order valence-corrected chi connectivity index (χ3v) is 5.02. The van der Waals surface area contributed by atoms with Crippen LogP contribution in [0.15, 0.2) is 53.8 Å². The third kappa shape index (κ3) is 1.91. The molecule has 5 rings (SSSR count). The van der Waals surface area contributed by atoms with Crippen LogP contribution in [0, 0.1) is 6.92 Å². The van der Waals surface area contributed by atoms with Crippen LogP contribution in [0.4, 0.5) is 11.4 Å². The molecule has 0 amide bonds. The van der Waals surface area contributed by atoms with Gasteiger partial charge in [0.25, 0.3) is 0 Å². The van der Waals surface area contributed by atoms with Crippen LogP contribution in [0.3, 0.4) is 0 Å². The molecule has 4 heterocycles. The molecule has 0 bridgehead atoms. The number of fused-ring (bicyclic) bond motifs is 3. The van der Waals surface area contributed by atoms with Crippen molar-refractivity contribution in [3.05, 3.63) is 59.9 Å². The van der Waals surface area contributed by atoms with Crippen molar-refractivity contribution in [1.82, 2.24) is 9.61 Å². The van der Waals surface area contributed by atoms with Crippen molar-refractivity contribution in [2.75, 3.05) is 11.4 Å². The van der Waals surface area contributed by atoms with E-state index in [-0.39, 0.29) is 5.78 Å². The minimum Gasteiger partial charge on any atom is -0.374 e. The minimum absolute atomic E-state index is 0.260. The maximum Gasteiger partial charge on any atom is 0.204 e. The number of amidine groups is 1. The summed E-state index contributed by atoms with van der Waals surface area (Å²) >= 11 is 0. The first-order valence-corrected chi connectivity index (χ1v) is 8.24. The molecule has 0 saturated carbocycles. The molecular weight excluding hydrogens is 316 g/mol. The van der Waals surface area contributed by atoms with E-state index in [0.29, 0.717) is 30.1 Å². The number of carbonyl (C=O) groups excluding carboxylic acids is 1. The summed E-state index contributed by atoms with van der Waals surface area (Å²) in [6.45, 7) is 2.47. The molecule has 1 fully saturated rings. The summed E-state index contributed by atoms with van der Waals surface area (Å²) in [5, 5.41) is 15.3. The van der Waals surface area contributed by atoms with Crippen molar-refractivity contribution < 1.29 is 9.90 Å². The van der Waals surface area contributed by atoms with Crippen LogP contribution in [-0.2, 0) is 0 Å². The van der Waals surface area contributed by atoms with Gasteiger partial charge in [-0.2, -0.15) is 5.10 Å². The number of aliphatic imine (C=N–C) groups is 1. The fraction of sp³-hybridized carbons (Fsp3) is 0.211. The van der Waals surface area contributed by atoms with Gasteiger partial charge in [-0.3, -0.25) is 4.79 Å². The molecule has 2 aliphatic rings. The van der Waals surface area contributed by atoms with Crippen LogP contribution in [0.5, 0.6) is 0 Å². The van der Waals surface area contributed by atoms with Crippen LogP contribution < -0.4 is 4.90 Å². The molecule has 1 N–H and O–H groups in total. The van der Waals surface area contributed by atoms with Gasteiger partial charge in [-0.1, -0.05) is 11.6 Å². The minimum atomic E-state index is -1.55. The summed E-state index contributed by atoms with van der Waals surface area (Å²) in [6, 6.07) is 11.4. The SMILES string of the molecule is Cc1ccc2c(c1)C(=O)C1(O)CCN(c3ccn4nccc4c3)C1=N2. The molecule has 1 unspecified atom stereocenters. The highest BCUT2D eigenvalue weighted by atomic mass is 16.3. The second-order valence-electron chi connectivity index (χ2n) is 6.63. The summed E-state index contributed by atoms with van der Waals surface area (Å²) in [4.78, 5) is 19.5. The van der Waals surface area contributed by atoms with Crippen molar-refractivity contribution in [3.8, 4) is 0 Å². The molecule has 1 atom stereocenters. The number of hydrogen-bond acceptors (Lipinski definition) is 5. The fourth-order valence-electron chi connectivity index (χ4n) is 3.68. The highest BCUT2D eigenvalue weighted by Gasteiger charge is 2.52. The Hall–Kier alpha value is -2.99. The van der Waals surface area contributed by atoms with Gasteiger partial charge in [0.2, 0.25) is 5.78 Å². The Kier molecular flexibility index (Phi) is 2.74. The second kappa shape index (κ2) is 4.77. The number of carbonyl (C=O) groups is 1. The molecule has 0 aliphatic carbocycles. The number of pyridine rings is 1. The van der Waals surface area contributed by atoms with Crippen LogP contribution in [0.1, 0.15) is 22.3 Å². The first-order chi connectivity index (χ1) is 12.1. The van der Waals surface area contributed by atoms with Gasteiger partial charge in [0.15, 0.2) is 5.60 Å². The van der Waals surface area contributed by atoms with E-state index in [1.165, 1.54) is 0 Å². The molecule has 6 heteroatoms. The van der Waals surface area contributed by atoms with Gasteiger partial charge in [-0.15, -0.1) is 0 Å². The Bertz CT molecular complexity index is 1070. The number of nitrogens with zero attached hydrogens (tertiary/aromatic N) is 4. The first-order valence-electron chi connectivity index (χ1n) is 8.24. The van der Waals surface area contributed by atoms with Crippen molar-refractivity contribution in [3.63, 3.8) is 0 Å². The molecule has 124 valence electrons. The number of aliphatic hydroxyl groups is 1. The lowest BCUT2D eigenvalue weighted by atomic mass is 9.87. The van der Waals surface area contributed by atoms with E-state index in [1.54, 1.807) is 16.8 Å². The van der Waals surface area contributed by atoms with E-state index in [9.17, 15) is 9.90 Å². The number of rotatable bonds is 1. The zero-order valence-electron chi connectivity index (χ0n) is 13.7. The second-order valence-corrected chi connectivity index (χ2v) is 6.63. The van der Waals surface area contributed by atoms with Crippen LogP contribution in [-0.4, -0.2) is 38.5 Å². The quantitative estimate of drug-likeness (QED) is 0.743. The average Bonchev–Trinajstić information content (AvgIpc) is 3.20. The molecule has 2 aliphatic heterocycles. The Morgan fingerprint density at radius 3 is 2.96 bits per heavy atom. The van der Waals surface area contributed by atoms with Crippen LogP contribution in [0.2, 0.25) is 0 Å². The summed E-state index contributed by atoms with van der Waals surface area (Å²) < 4.78 is 1.78. The summed E-state index contributed by atoms with van der Waals surface area (Å²) in [5.41, 5.74) is 2.40. The maximum atomic E-state index is 12.9. The maximum absolute atomic E-state index is 12.9. The number of ketones is 1. The molecule has 1 saturated heterocycles. The highest BCUT2D eigenvalue weighted by molar-refractivity contribution is 6.28. The zero-order valence-corrected chi connectivity index (χ0v) is 13.7. The molecule has 3 aromatic rings. The molecule has 2 aromatic heterocycles. The fourth-order valence-corrected chi connectivity index (χ4v) is 3.68. The smallest absolute Gasteiger partial charge is 0.204 e. The predicted molar refractivity (Wildman–Crippen MR) is 94.7 cm³/mol. The summed E-state index contributed by atoms with van der Waals surface area (Å²) in [5.74, 6) is 0.154. The van der Waals surface area contributed by atoms with Crippen LogP contribution in [0.25, 0.3) is 5.52 Å². The Balaban J connectivity index is 1.67. The van der Waals surface area contributed by atoms with Gasteiger partial charge in [0.1, 0.15) is 5.84 Å². The van der Waals surface area contributed by atoms with Crippen molar-refractivity contribution in [2.45, 2.75) is 18.9 Å². The Morgan fingerprint density at radius 1 is 1.20 bits per heavy atom. The van der Waals surface area contributed by atoms with Gasteiger partial charge in [-0.25, -0.2) is 9.51 Å². The van der Waals surface area contributed by atoms with Gasteiger partial charge >= 0.3 is 0 Å². The monoisotopic (exact) mass is 332 g/mol. The van der Waals surface area contributed by atoms with E-state index in [2.05, 4.69) is 10.1 Å². The number of hydrogen-bond donors (Lipinski definition) is 1. The topological polar surface area (TPSA) is 70.2 Å². The standard InChI is InChI=1S/C19H16N4O2/c1-12-2-3-16-15(10-12)17(24)19(25)6-9-22(18(19)21-16)13-5-8-23-14(11-13)4-7-20-23/h2-5,7-8,10-11,25H,6,9H2,1H3. The van der Waals surface area contributed by atoms with Crippen LogP contribution >= 0.6 is 0 Å². The number of Topliss-reactive ketones (excluding diaryl/α,β-unsaturated/α-hetero) is 1. The molecular formula is C19H16N4O2. The van der Waals surface area contributed by atoms with Crippen molar-refractivity contribution in [1.29, 1.82) is 0 Å². The van der Waals surface area contributed by atoms with Gasteiger partial charge < -0.3 is 10.0 Å². The lowest BCUT2D eigenvalue weighted by Gasteiger charge is -2.29. The van der Waals surface area contributed by atoms with E-state index in [4.69, 9.17) is 0 Å².